The van der Waals surface area contributed by atoms with Gasteiger partial charge in [-0.15, -0.1) is 0 Å². The molecule has 188 valence electrons. The molecule has 1 aromatic heterocycles. The van der Waals surface area contributed by atoms with Crippen LogP contribution in [0.1, 0.15) is 39.9 Å². The molecule has 1 aliphatic heterocycles. The zero-order valence-electron chi connectivity index (χ0n) is 21.0. The fourth-order valence-electron chi connectivity index (χ4n) is 4.16. The molecule has 0 bridgehead atoms. The summed E-state index contributed by atoms with van der Waals surface area (Å²) in [5.41, 5.74) is 6.08. The number of nitrogens with zero attached hydrogens (tertiary/aromatic N) is 2. The lowest BCUT2D eigenvalue weighted by Gasteiger charge is -2.29. The Morgan fingerprint density at radius 3 is 2.72 bits per heavy atom. The number of nitrogens with one attached hydrogen (secondary N) is 4. The summed E-state index contributed by atoms with van der Waals surface area (Å²) in [7, 11) is 3.21. The van der Waals surface area contributed by atoms with E-state index in [-0.39, 0.29) is 17.9 Å². The van der Waals surface area contributed by atoms with Crippen LogP contribution in [-0.2, 0) is 4.74 Å². The number of carbonyl (C=O) groups excluding carboxylic acids is 1. The zero-order valence-corrected chi connectivity index (χ0v) is 21.0. The molecule has 36 heavy (non-hydrogen) atoms. The van der Waals surface area contributed by atoms with Crippen molar-refractivity contribution in [2.24, 2.45) is 0 Å². The van der Waals surface area contributed by atoms with Crippen LogP contribution in [-0.4, -0.2) is 62.0 Å². The van der Waals surface area contributed by atoms with E-state index >= 15 is 0 Å². The van der Waals surface area contributed by atoms with Gasteiger partial charge in [-0.1, -0.05) is 13.0 Å². The lowest BCUT2D eigenvalue weighted by molar-refractivity contribution is 0.0211. The molecular formula is C27H32N6O3. The highest BCUT2D eigenvalue weighted by molar-refractivity contribution is 5.94. The van der Waals surface area contributed by atoms with Crippen molar-refractivity contribution in [2.45, 2.75) is 25.8 Å². The summed E-state index contributed by atoms with van der Waals surface area (Å²) in [6.45, 7) is 6.11. The Morgan fingerprint density at radius 2 is 2.06 bits per heavy atom. The van der Waals surface area contributed by atoms with E-state index in [2.05, 4.69) is 38.9 Å². The molecule has 4 N–H and O–H groups in total. The molecule has 1 amide bonds. The van der Waals surface area contributed by atoms with E-state index in [9.17, 15) is 4.79 Å². The normalized spacial score (nSPS) is 13.9. The van der Waals surface area contributed by atoms with Crippen LogP contribution >= 0.6 is 0 Å². The van der Waals surface area contributed by atoms with Crippen LogP contribution < -0.4 is 20.7 Å². The molecule has 9 nitrogen and oxygen atoms in total. The Bertz CT molecular complexity index is 1260. The number of amides is 1. The molecule has 4 rings (SSSR count). The van der Waals surface area contributed by atoms with Gasteiger partial charge < -0.3 is 30.8 Å². The summed E-state index contributed by atoms with van der Waals surface area (Å²) in [4.78, 5) is 20.8. The predicted molar refractivity (Wildman–Crippen MR) is 142 cm³/mol. The van der Waals surface area contributed by atoms with Gasteiger partial charge in [0.05, 0.1) is 32.1 Å². The standard InChI is InChI=1S/C27H32N6O3/c1-16-7-23(33-20-13-36-14-20)19(11-28)8-22(16)24-10-26(32-15-31-24)30-12-17(2)21-6-5-18(27(34)29-3)9-25(21)35-4/h5-11,15,17,20,28,33H,12-14H2,1-4H3,(H,29,34)(H,30,31,32). The van der Waals surface area contributed by atoms with Gasteiger partial charge in [0.1, 0.15) is 17.9 Å². The number of hydrogen-bond donors (Lipinski definition) is 4. The average Bonchev–Trinajstić information content (AvgIpc) is 2.88. The van der Waals surface area contributed by atoms with Gasteiger partial charge in [0.25, 0.3) is 5.91 Å². The number of methoxy groups -OCH3 is 1. The second-order valence-corrected chi connectivity index (χ2v) is 8.88. The molecule has 1 aliphatic rings. The Labute approximate surface area is 211 Å². The van der Waals surface area contributed by atoms with Gasteiger partial charge in [-0.25, -0.2) is 9.97 Å². The second kappa shape index (κ2) is 11.2. The van der Waals surface area contributed by atoms with E-state index < -0.39 is 0 Å². The molecule has 0 spiro atoms. The fraction of sp³-hybridized carbons (Fsp3) is 0.333. The molecule has 2 aromatic carbocycles. The topological polar surface area (TPSA) is 121 Å². The van der Waals surface area contributed by atoms with Crippen LogP contribution in [0.4, 0.5) is 11.5 Å². The number of ether oxygens (including phenoxy) is 2. The molecule has 2 heterocycles. The van der Waals surface area contributed by atoms with Crippen LogP contribution in [0.3, 0.4) is 0 Å². The van der Waals surface area contributed by atoms with Crippen molar-refractivity contribution in [3.8, 4) is 17.0 Å². The number of benzene rings is 2. The summed E-state index contributed by atoms with van der Waals surface area (Å²) < 4.78 is 10.8. The SMILES string of the molecule is CNC(=O)c1ccc(C(C)CNc2cc(-c3cc(C=N)c(NC4COC4)cc3C)ncn2)c(OC)c1. The fourth-order valence-corrected chi connectivity index (χ4v) is 4.16. The molecule has 1 unspecified atom stereocenters. The third kappa shape index (κ3) is 5.46. The minimum absolute atomic E-state index is 0.101. The van der Waals surface area contributed by atoms with E-state index in [1.54, 1.807) is 32.6 Å². The Morgan fingerprint density at radius 1 is 1.25 bits per heavy atom. The quantitative estimate of drug-likeness (QED) is 0.320. The van der Waals surface area contributed by atoms with Gasteiger partial charge in [-0.3, -0.25) is 4.79 Å². The third-order valence-corrected chi connectivity index (χ3v) is 6.34. The molecular weight excluding hydrogens is 456 g/mol. The maximum atomic E-state index is 12.0. The number of aromatic nitrogens is 2. The lowest BCUT2D eigenvalue weighted by atomic mass is 9.98. The van der Waals surface area contributed by atoms with Gasteiger partial charge in [0.15, 0.2) is 0 Å². The number of rotatable bonds is 10. The molecule has 1 fully saturated rings. The van der Waals surface area contributed by atoms with Gasteiger partial charge >= 0.3 is 0 Å². The van der Waals surface area contributed by atoms with Gasteiger partial charge in [-0.2, -0.15) is 0 Å². The maximum absolute atomic E-state index is 12.0. The average molecular weight is 489 g/mol. The van der Waals surface area contributed by atoms with Crippen molar-refractivity contribution in [2.75, 3.05) is 44.5 Å². The second-order valence-electron chi connectivity index (χ2n) is 8.88. The van der Waals surface area contributed by atoms with Crippen LogP contribution in [0.2, 0.25) is 0 Å². The molecule has 1 atom stereocenters. The van der Waals surface area contributed by atoms with Crippen LogP contribution in [0.15, 0.2) is 42.7 Å². The Balaban J connectivity index is 1.50. The summed E-state index contributed by atoms with van der Waals surface area (Å²) in [5, 5.41) is 17.4. The monoisotopic (exact) mass is 488 g/mol. The maximum Gasteiger partial charge on any atom is 0.251 e. The molecule has 0 radical (unpaired) electrons. The molecule has 9 heteroatoms. The van der Waals surface area contributed by atoms with E-state index in [0.29, 0.717) is 36.9 Å². The summed E-state index contributed by atoms with van der Waals surface area (Å²) in [6.07, 6.45) is 2.90. The van der Waals surface area contributed by atoms with E-state index in [4.69, 9.17) is 14.9 Å². The first-order valence-corrected chi connectivity index (χ1v) is 11.9. The van der Waals surface area contributed by atoms with Gasteiger partial charge in [-0.05, 0) is 42.3 Å². The summed E-state index contributed by atoms with van der Waals surface area (Å²) in [5.74, 6) is 1.33. The summed E-state index contributed by atoms with van der Waals surface area (Å²) >= 11 is 0. The third-order valence-electron chi connectivity index (χ3n) is 6.34. The van der Waals surface area contributed by atoms with Crippen LogP contribution in [0.25, 0.3) is 11.3 Å². The van der Waals surface area contributed by atoms with E-state index in [1.165, 1.54) is 6.21 Å². The van der Waals surface area contributed by atoms with Crippen molar-refractivity contribution in [3.63, 3.8) is 0 Å². The molecule has 3 aromatic rings. The highest BCUT2D eigenvalue weighted by Crippen LogP contribution is 2.30. The predicted octanol–water partition coefficient (Wildman–Crippen LogP) is 3.84. The van der Waals surface area contributed by atoms with Crippen molar-refractivity contribution in [1.82, 2.24) is 15.3 Å². The Kier molecular flexibility index (Phi) is 7.80. The van der Waals surface area contributed by atoms with Crippen LogP contribution in [0, 0.1) is 12.3 Å². The summed E-state index contributed by atoms with van der Waals surface area (Å²) in [6, 6.07) is 11.7. The van der Waals surface area contributed by atoms with Crippen molar-refractivity contribution >= 4 is 23.6 Å². The minimum atomic E-state index is -0.151. The first-order chi connectivity index (χ1) is 17.4. The molecule has 1 saturated heterocycles. The van der Waals surface area contributed by atoms with Crippen molar-refractivity contribution < 1.29 is 14.3 Å². The van der Waals surface area contributed by atoms with Gasteiger partial charge in [0, 0.05) is 54.2 Å². The zero-order chi connectivity index (χ0) is 25.7. The molecule has 0 saturated carbocycles. The van der Waals surface area contributed by atoms with Crippen molar-refractivity contribution in [1.29, 1.82) is 5.41 Å². The number of hydrogen-bond acceptors (Lipinski definition) is 8. The smallest absolute Gasteiger partial charge is 0.251 e. The first kappa shape index (κ1) is 25.1. The largest absolute Gasteiger partial charge is 0.496 e. The minimum Gasteiger partial charge on any atom is -0.496 e. The Hall–Kier alpha value is -3.98. The van der Waals surface area contributed by atoms with Crippen LogP contribution in [0.5, 0.6) is 5.75 Å². The van der Waals surface area contributed by atoms with Crippen molar-refractivity contribution in [3.05, 3.63) is 65.0 Å². The number of carbonyl (C=O) groups is 1. The first-order valence-electron chi connectivity index (χ1n) is 11.9. The van der Waals surface area contributed by atoms with E-state index in [1.807, 2.05) is 25.1 Å². The number of anilines is 2. The highest BCUT2D eigenvalue weighted by atomic mass is 16.5. The van der Waals surface area contributed by atoms with E-state index in [0.717, 1.165) is 33.6 Å². The lowest BCUT2D eigenvalue weighted by Crippen LogP contribution is -2.40. The molecule has 0 aliphatic carbocycles. The van der Waals surface area contributed by atoms with Gasteiger partial charge in [0.2, 0.25) is 0 Å². The highest BCUT2D eigenvalue weighted by Gasteiger charge is 2.20. The number of aryl methyl sites for hydroxylation is 1.